The number of carbonyl (C=O) groups excluding carboxylic acids is 2. The molecule has 1 unspecified atom stereocenters. The van der Waals surface area contributed by atoms with Crippen LogP contribution in [0.4, 0.5) is 17.1 Å². The maximum Gasteiger partial charge on any atom is 0.295 e. The molecule has 270 valence electrons. The zero-order chi connectivity index (χ0) is 36.0. The minimum atomic E-state index is -3.67. The molecule has 1 aromatic heterocycles. The third kappa shape index (κ3) is 12.4. The normalized spacial score (nSPS) is 12.6. The predicted molar refractivity (Wildman–Crippen MR) is 198 cm³/mol. The smallest absolute Gasteiger partial charge is 0.295 e. The summed E-state index contributed by atoms with van der Waals surface area (Å²) in [5.74, 6) is -1.40. The number of nitro benzene ring substituents is 1. The summed E-state index contributed by atoms with van der Waals surface area (Å²) in [4.78, 5) is 38.6. The Kier molecular flexibility index (Phi) is 15.5. The number of sulfonamides is 1. The molecular weight excluding hydrogens is 666 g/mol. The Labute approximate surface area is 295 Å². The van der Waals surface area contributed by atoms with Crippen molar-refractivity contribution in [3.05, 3.63) is 57.7 Å². The zero-order valence-electron chi connectivity index (χ0n) is 29.3. The van der Waals surface area contributed by atoms with Crippen LogP contribution >= 0.6 is 11.6 Å². The molecule has 1 heterocycles. The fourth-order valence-corrected chi connectivity index (χ4v) is 7.12. The fraction of sp³-hybridized carbons (Fsp3) is 0.583. The molecular formula is C36H52ClN5O6S. The molecule has 49 heavy (non-hydrogen) atoms. The summed E-state index contributed by atoms with van der Waals surface area (Å²) in [5.41, 5.74) is -1.02. The highest BCUT2D eigenvalue weighted by Gasteiger charge is 2.39. The van der Waals surface area contributed by atoms with Gasteiger partial charge in [-0.3, -0.25) is 24.4 Å². The molecule has 0 fully saturated rings. The van der Waals surface area contributed by atoms with Crippen LogP contribution in [0, 0.1) is 15.5 Å². The van der Waals surface area contributed by atoms with Gasteiger partial charge in [0.05, 0.1) is 33.3 Å². The molecule has 0 aliphatic rings. The van der Waals surface area contributed by atoms with E-state index in [4.69, 9.17) is 11.6 Å². The number of non-ortho nitro benzene ring substituents is 1. The van der Waals surface area contributed by atoms with Crippen LogP contribution in [0.2, 0.25) is 5.02 Å². The van der Waals surface area contributed by atoms with Crippen molar-refractivity contribution in [3.8, 4) is 0 Å². The fourth-order valence-electron chi connectivity index (χ4n) is 5.78. The van der Waals surface area contributed by atoms with E-state index in [-0.39, 0.29) is 33.4 Å². The van der Waals surface area contributed by atoms with Crippen LogP contribution in [0.25, 0.3) is 10.9 Å². The number of ketones is 1. The molecule has 0 saturated heterocycles. The van der Waals surface area contributed by atoms with Crippen LogP contribution in [0.15, 0.2) is 42.6 Å². The van der Waals surface area contributed by atoms with Gasteiger partial charge in [-0.15, -0.1) is 0 Å². The summed E-state index contributed by atoms with van der Waals surface area (Å²) in [5, 5.41) is 19.2. The monoisotopic (exact) mass is 717 g/mol. The number of hydrogen-bond donors (Lipinski definition) is 2. The lowest BCUT2D eigenvalue weighted by Crippen LogP contribution is -2.39. The average molecular weight is 718 g/mol. The van der Waals surface area contributed by atoms with Gasteiger partial charge in [-0.05, 0) is 24.6 Å². The summed E-state index contributed by atoms with van der Waals surface area (Å²) in [7, 11) is -3.67. The Morgan fingerprint density at radius 1 is 0.918 bits per heavy atom. The third-order valence-electron chi connectivity index (χ3n) is 8.54. The first-order chi connectivity index (χ1) is 23.2. The summed E-state index contributed by atoms with van der Waals surface area (Å²) in [6.07, 6.45) is 17.8. The van der Waals surface area contributed by atoms with Gasteiger partial charge in [0.1, 0.15) is 5.52 Å². The number of rotatable bonds is 22. The quantitative estimate of drug-likeness (QED) is 0.0454. The van der Waals surface area contributed by atoms with E-state index < -0.39 is 38.1 Å². The number of halogens is 1. The van der Waals surface area contributed by atoms with Crippen molar-refractivity contribution in [3.63, 3.8) is 0 Å². The van der Waals surface area contributed by atoms with Crippen LogP contribution in [-0.2, 0) is 19.6 Å². The second-order valence-corrected chi connectivity index (χ2v) is 16.0. The number of nitrogens with zero attached hydrogens (tertiary/aromatic N) is 3. The molecule has 0 aliphatic heterocycles. The van der Waals surface area contributed by atoms with Crippen LogP contribution in [0.5, 0.6) is 0 Å². The molecule has 3 rings (SSSR count). The van der Waals surface area contributed by atoms with Gasteiger partial charge in [0.15, 0.2) is 11.8 Å². The van der Waals surface area contributed by atoms with Crippen molar-refractivity contribution in [2.45, 2.75) is 124 Å². The van der Waals surface area contributed by atoms with E-state index in [0.717, 1.165) is 23.9 Å². The summed E-state index contributed by atoms with van der Waals surface area (Å²) >= 11 is 6.39. The topological polar surface area (TPSA) is 153 Å². The second-order valence-electron chi connectivity index (χ2n) is 13.8. The molecule has 11 nitrogen and oxygen atoms in total. The second kappa shape index (κ2) is 19.0. The Bertz CT molecular complexity index is 1670. The molecule has 0 aliphatic carbocycles. The summed E-state index contributed by atoms with van der Waals surface area (Å²) in [6.45, 7) is 7.14. The van der Waals surface area contributed by atoms with Crippen molar-refractivity contribution >= 4 is 61.3 Å². The van der Waals surface area contributed by atoms with E-state index in [1.807, 2.05) is 0 Å². The SMILES string of the molecule is CCCCCCCCCCCCCCCCS(=O)(=O)Nc1ccc(Cl)c(NC(=O)C(C(=O)C(C)(C)C)n2ncc3cccc([N+](=O)[O-])c32)c1. The van der Waals surface area contributed by atoms with E-state index in [2.05, 4.69) is 22.1 Å². The molecule has 0 saturated carbocycles. The minimum absolute atomic E-state index is 0.0290. The van der Waals surface area contributed by atoms with Crippen LogP contribution < -0.4 is 10.0 Å². The summed E-state index contributed by atoms with van der Waals surface area (Å²) in [6, 6.07) is 7.12. The first kappa shape index (κ1) is 39.9. The lowest BCUT2D eigenvalue weighted by atomic mass is 9.86. The maximum atomic E-state index is 13.8. The Balaban J connectivity index is 1.58. The van der Waals surface area contributed by atoms with E-state index in [0.29, 0.717) is 11.8 Å². The number of nitrogens with one attached hydrogen (secondary N) is 2. The number of unbranched alkanes of at least 4 members (excludes halogenated alkanes) is 13. The molecule has 1 atom stereocenters. The van der Waals surface area contributed by atoms with Gasteiger partial charge in [-0.1, -0.05) is 135 Å². The first-order valence-corrected chi connectivity index (χ1v) is 19.5. The molecule has 0 spiro atoms. The van der Waals surface area contributed by atoms with Crippen LogP contribution in [0.1, 0.15) is 124 Å². The van der Waals surface area contributed by atoms with Gasteiger partial charge in [0.25, 0.3) is 11.6 Å². The minimum Gasteiger partial charge on any atom is -0.322 e. The molecule has 2 N–H and O–H groups in total. The molecule has 0 bridgehead atoms. The molecule has 1 amide bonds. The molecule has 13 heteroatoms. The zero-order valence-corrected chi connectivity index (χ0v) is 30.9. The number of nitro groups is 1. The number of amides is 1. The van der Waals surface area contributed by atoms with Crippen molar-refractivity contribution < 1.29 is 22.9 Å². The van der Waals surface area contributed by atoms with Gasteiger partial charge in [-0.2, -0.15) is 5.10 Å². The lowest BCUT2D eigenvalue weighted by Gasteiger charge is -2.25. The Morgan fingerprint density at radius 3 is 2.04 bits per heavy atom. The number of fused-ring (bicyclic) bond motifs is 1. The lowest BCUT2D eigenvalue weighted by molar-refractivity contribution is -0.383. The van der Waals surface area contributed by atoms with E-state index in [1.54, 1.807) is 26.8 Å². The van der Waals surface area contributed by atoms with Crippen LogP contribution in [0.3, 0.4) is 0 Å². The van der Waals surface area contributed by atoms with E-state index in [9.17, 15) is 28.1 Å². The third-order valence-corrected chi connectivity index (χ3v) is 10.2. The van der Waals surface area contributed by atoms with Crippen molar-refractivity contribution in [2.75, 3.05) is 15.8 Å². The highest BCUT2D eigenvalue weighted by Crippen LogP contribution is 2.33. The maximum absolute atomic E-state index is 13.8. The number of carbonyl (C=O) groups is 2. The first-order valence-electron chi connectivity index (χ1n) is 17.5. The van der Waals surface area contributed by atoms with Gasteiger partial charge in [0.2, 0.25) is 10.0 Å². The molecule has 2 aromatic carbocycles. The number of hydrogen-bond acceptors (Lipinski definition) is 7. The standard InChI is InChI=1S/C36H52ClN5O6S/c1-5-6-7-8-9-10-11-12-13-14-15-16-17-18-24-49(47,48)40-28-22-23-29(37)30(25-28)39-35(44)33(34(43)36(2,3)4)41-32-27(26-38-41)20-19-21-31(32)42(45)46/h19-23,25-26,33,40H,5-18,24H2,1-4H3,(H,39,44). The average Bonchev–Trinajstić information content (AvgIpc) is 3.46. The number of para-hydroxylation sites is 1. The number of benzene rings is 2. The molecule has 3 aromatic rings. The van der Waals surface area contributed by atoms with Crippen molar-refractivity contribution in [2.24, 2.45) is 5.41 Å². The number of aromatic nitrogens is 2. The predicted octanol–water partition coefficient (Wildman–Crippen LogP) is 9.62. The highest BCUT2D eigenvalue weighted by molar-refractivity contribution is 7.92. The van der Waals surface area contributed by atoms with E-state index >= 15 is 0 Å². The Morgan fingerprint density at radius 2 is 1.49 bits per heavy atom. The van der Waals surface area contributed by atoms with Crippen LogP contribution in [-0.4, -0.2) is 40.6 Å². The van der Waals surface area contributed by atoms with Crippen molar-refractivity contribution in [1.29, 1.82) is 0 Å². The van der Waals surface area contributed by atoms with Gasteiger partial charge in [0, 0.05) is 16.9 Å². The largest absolute Gasteiger partial charge is 0.322 e. The summed E-state index contributed by atoms with van der Waals surface area (Å²) < 4.78 is 29.4. The number of Topliss-reactive ketones (excluding diaryl/α,β-unsaturated/α-hetero) is 1. The van der Waals surface area contributed by atoms with Crippen molar-refractivity contribution in [1.82, 2.24) is 9.78 Å². The highest BCUT2D eigenvalue weighted by atomic mass is 35.5. The van der Waals surface area contributed by atoms with Gasteiger partial charge in [-0.25, -0.2) is 13.1 Å². The number of anilines is 2. The molecule has 0 radical (unpaired) electrons. The van der Waals surface area contributed by atoms with Gasteiger partial charge < -0.3 is 5.32 Å². The Hall–Kier alpha value is -3.51. The van der Waals surface area contributed by atoms with Gasteiger partial charge >= 0.3 is 0 Å². The van der Waals surface area contributed by atoms with E-state index in [1.165, 1.54) is 101 Å².